The fraction of sp³-hybridized carbons (Fsp3) is 0.958. The molecule has 0 aromatic rings. The molecule has 18 nitrogen and oxygen atoms in total. The van der Waals surface area contributed by atoms with Crippen molar-refractivity contribution < 1.29 is 67.9 Å². The smallest absolute Gasteiger partial charge is 0.252 e. The minimum Gasteiger partial charge on any atom is -0.387 e. The van der Waals surface area contributed by atoms with Gasteiger partial charge in [0.15, 0.2) is 12.4 Å². The van der Waals surface area contributed by atoms with Crippen molar-refractivity contribution in [3.05, 3.63) is 10.4 Å². The Morgan fingerprint density at radius 3 is 1.40 bits per heavy atom. The molecule has 18 heteroatoms. The Balaban J connectivity index is 1.74. The van der Waals surface area contributed by atoms with Gasteiger partial charge in [-0.05, 0) is 5.53 Å². The summed E-state index contributed by atoms with van der Waals surface area (Å²) in [5.74, 6) is -0.745. The lowest BCUT2D eigenvalue weighted by Gasteiger charge is -2.37. The molecule has 0 aliphatic carbocycles. The highest BCUT2D eigenvalue weighted by Crippen LogP contribution is 2.19. The van der Waals surface area contributed by atoms with Crippen LogP contribution < -0.4 is 5.32 Å². The minimum atomic E-state index is -1.78. The van der Waals surface area contributed by atoms with Gasteiger partial charge in [-0.2, -0.15) is 0 Å². The first-order valence-corrected chi connectivity index (χ1v) is 13.8. The second-order valence-corrected chi connectivity index (χ2v) is 8.56. The summed E-state index contributed by atoms with van der Waals surface area (Å²) < 4.78 is 47.7. The summed E-state index contributed by atoms with van der Waals surface area (Å²) in [6.07, 6.45) is -8.36. The highest BCUT2D eigenvalue weighted by molar-refractivity contribution is 5.81. The number of amides is 1. The van der Waals surface area contributed by atoms with Crippen molar-refractivity contribution in [3.63, 3.8) is 0 Å². The van der Waals surface area contributed by atoms with Gasteiger partial charge in [-0.25, -0.2) is 0 Å². The van der Waals surface area contributed by atoms with E-state index in [4.69, 9.17) is 48.2 Å². The van der Waals surface area contributed by atoms with E-state index in [2.05, 4.69) is 15.3 Å². The third kappa shape index (κ3) is 19.4. The molecule has 5 atom stereocenters. The molecule has 0 aromatic carbocycles. The van der Waals surface area contributed by atoms with Crippen LogP contribution in [0, 0.1) is 0 Å². The lowest BCUT2D eigenvalue weighted by atomic mass is 9.98. The van der Waals surface area contributed by atoms with Crippen molar-refractivity contribution in [3.8, 4) is 0 Å². The molecule has 1 aliphatic heterocycles. The first-order valence-electron chi connectivity index (χ1n) is 13.8. The standard InChI is InChI=1S/C24H46N4O14/c25-28-27-2-4-35-6-8-37-10-12-39-14-16-41-18-17-40-15-13-38-11-9-36-7-5-34-3-1-26-23(32)22-20(30)19(29)21(31)24(33)42-22/h19-22,24,29-31,33H,1-18H2,(H,26,32)/t19-,20-,21-,22-,24?/m0/s1. The molecule has 1 aliphatic rings. The van der Waals surface area contributed by atoms with E-state index in [1.807, 2.05) is 0 Å². The number of hydrogen-bond donors (Lipinski definition) is 5. The number of aliphatic hydroxyl groups excluding tert-OH is 4. The maximum absolute atomic E-state index is 12.0. The number of azide groups is 1. The average molecular weight is 615 g/mol. The second-order valence-electron chi connectivity index (χ2n) is 8.56. The maximum atomic E-state index is 12.0. The van der Waals surface area contributed by atoms with Crippen LogP contribution in [0.1, 0.15) is 0 Å². The highest BCUT2D eigenvalue weighted by atomic mass is 16.6. The van der Waals surface area contributed by atoms with Crippen molar-refractivity contribution >= 4 is 5.91 Å². The molecule has 1 unspecified atom stereocenters. The largest absolute Gasteiger partial charge is 0.387 e. The summed E-state index contributed by atoms with van der Waals surface area (Å²) in [5.41, 5.74) is 8.12. The van der Waals surface area contributed by atoms with Gasteiger partial charge in [-0.15, -0.1) is 0 Å². The summed E-state index contributed by atoms with van der Waals surface area (Å²) in [6.45, 7) is 6.86. The second kappa shape index (κ2) is 26.9. The number of ether oxygens (including phenoxy) is 9. The van der Waals surface area contributed by atoms with E-state index in [9.17, 15) is 25.2 Å². The van der Waals surface area contributed by atoms with Gasteiger partial charge in [0.1, 0.15) is 18.3 Å². The van der Waals surface area contributed by atoms with E-state index in [1.165, 1.54) is 0 Å². The Morgan fingerprint density at radius 2 is 1.00 bits per heavy atom. The van der Waals surface area contributed by atoms with Crippen LogP contribution in [0.4, 0.5) is 0 Å². The van der Waals surface area contributed by atoms with Crippen LogP contribution in [0.5, 0.6) is 0 Å². The number of rotatable bonds is 28. The predicted octanol–water partition coefficient (Wildman–Crippen LogP) is -2.65. The number of nitrogens with zero attached hydrogens (tertiary/aromatic N) is 3. The third-order valence-electron chi connectivity index (χ3n) is 5.40. The SMILES string of the molecule is [N-]=[N+]=NCCOCCOCCOCCOCCOCCOCCOCCOCCNC(=O)[C@H]1OC(O)[C@@H](O)[C@@H](O)[C@@H]1O. The Kier molecular flexibility index (Phi) is 24.5. The number of carbonyl (C=O) groups is 1. The molecular formula is C24H46N4O14. The molecule has 1 rings (SSSR count). The van der Waals surface area contributed by atoms with Crippen LogP contribution in [-0.4, -0.2) is 176 Å². The Labute approximate surface area is 244 Å². The molecule has 1 amide bonds. The van der Waals surface area contributed by atoms with Crippen LogP contribution in [-0.2, 0) is 47.4 Å². The Morgan fingerprint density at radius 1 is 0.619 bits per heavy atom. The topological polar surface area (TPSA) is 242 Å². The number of aliphatic hydroxyl groups is 4. The molecule has 42 heavy (non-hydrogen) atoms. The summed E-state index contributed by atoms with van der Waals surface area (Å²) in [5, 5.41) is 44.1. The molecule has 0 aromatic heterocycles. The summed E-state index contributed by atoms with van der Waals surface area (Å²) >= 11 is 0. The van der Waals surface area contributed by atoms with Crippen molar-refractivity contribution in [2.75, 3.05) is 119 Å². The third-order valence-corrected chi connectivity index (χ3v) is 5.40. The lowest BCUT2D eigenvalue weighted by Crippen LogP contribution is -2.61. The summed E-state index contributed by atoms with van der Waals surface area (Å²) in [7, 11) is 0. The fourth-order valence-corrected chi connectivity index (χ4v) is 3.22. The molecule has 246 valence electrons. The van der Waals surface area contributed by atoms with Gasteiger partial charge in [-0.3, -0.25) is 4.79 Å². The van der Waals surface area contributed by atoms with Crippen molar-refractivity contribution in [1.29, 1.82) is 0 Å². The molecule has 0 spiro atoms. The van der Waals surface area contributed by atoms with Crippen LogP contribution >= 0.6 is 0 Å². The minimum absolute atomic E-state index is 0.110. The van der Waals surface area contributed by atoms with E-state index < -0.39 is 36.6 Å². The molecule has 5 N–H and O–H groups in total. The van der Waals surface area contributed by atoms with Crippen molar-refractivity contribution in [2.45, 2.75) is 30.7 Å². The van der Waals surface area contributed by atoms with E-state index in [0.717, 1.165) is 0 Å². The van der Waals surface area contributed by atoms with Crippen molar-refractivity contribution in [2.24, 2.45) is 5.11 Å². The zero-order chi connectivity index (χ0) is 30.7. The first kappa shape index (κ1) is 38.3. The molecule has 0 radical (unpaired) electrons. The van der Waals surface area contributed by atoms with Crippen LogP contribution in [0.2, 0.25) is 0 Å². The quantitative estimate of drug-likeness (QED) is 0.0262. The molecule has 1 fully saturated rings. The Bertz CT molecular complexity index is 706. The maximum Gasteiger partial charge on any atom is 0.252 e. The zero-order valence-corrected chi connectivity index (χ0v) is 23.8. The van der Waals surface area contributed by atoms with E-state index in [1.54, 1.807) is 0 Å². The van der Waals surface area contributed by atoms with E-state index >= 15 is 0 Å². The molecule has 1 saturated heterocycles. The van der Waals surface area contributed by atoms with Gasteiger partial charge in [0, 0.05) is 18.0 Å². The Hall–Kier alpha value is -1.74. The normalized spacial score (nSPS) is 22.1. The molecule has 0 bridgehead atoms. The summed E-state index contributed by atoms with van der Waals surface area (Å²) in [6, 6.07) is 0. The first-order chi connectivity index (χ1) is 20.5. The van der Waals surface area contributed by atoms with E-state index in [0.29, 0.717) is 106 Å². The molecular weight excluding hydrogens is 568 g/mol. The predicted molar refractivity (Wildman–Crippen MR) is 142 cm³/mol. The monoisotopic (exact) mass is 614 g/mol. The number of hydrogen-bond acceptors (Lipinski definition) is 15. The molecule has 0 saturated carbocycles. The number of carbonyl (C=O) groups excluding carboxylic acids is 1. The fourth-order valence-electron chi connectivity index (χ4n) is 3.22. The molecule has 1 heterocycles. The van der Waals surface area contributed by atoms with Gasteiger partial charge in [-0.1, -0.05) is 5.11 Å². The van der Waals surface area contributed by atoms with Crippen LogP contribution in [0.25, 0.3) is 10.4 Å². The van der Waals surface area contributed by atoms with Crippen LogP contribution in [0.3, 0.4) is 0 Å². The van der Waals surface area contributed by atoms with Crippen LogP contribution in [0.15, 0.2) is 5.11 Å². The number of nitrogens with one attached hydrogen (secondary N) is 1. The lowest BCUT2D eigenvalue weighted by molar-refractivity contribution is -0.275. The highest BCUT2D eigenvalue weighted by Gasteiger charge is 2.46. The summed E-state index contributed by atoms with van der Waals surface area (Å²) in [4.78, 5) is 14.7. The van der Waals surface area contributed by atoms with Crippen molar-refractivity contribution in [1.82, 2.24) is 5.32 Å². The van der Waals surface area contributed by atoms with Gasteiger partial charge in [0.25, 0.3) is 5.91 Å². The average Bonchev–Trinajstić information content (AvgIpc) is 2.99. The van der Waals surface area contributed by atoms with Gasteiger partial charge >= 0.3 is 0 Å². The van der Waals surface area contributed by atoms with Gasteiger partial charge in [0.2, 0.25) is 0 Å². The zero-order valence-electron chi connectivity index (χ0n) is 23.8. The van der Waals surface area contributed by atoms with Gasteiger partial charge in [0.05, 0.1) is 106 Å². The van der Waals surface area contributed by atoms with E-state index in [-0.39, 0.29) is 13.2 Å². The van der Waals surface area contributed by atoms with Gasteiger partial charge < -0.3 is 68.4 Å².